The topological polar surface area (TPSA) is 76.1 Å². The average molecular weight is 300 g/mol. The number of benzene rings is 1. The highest BCUT2D eigenvalue weighted by Crippen LogP contribution is 2.16. The van der Waals surface area contributed by atoms with Crippen molar-refractivity contribution in [2.75, 3.05) is 24.3 Å². The molecule has 2 N–H and O–H groups in total. The molecule has 116 valence electrons. The number of amides is 1. The monoisotopic (exact) mass is 300 g/mol. The molecule has 0 aliphatic heterocycles. The number of nitrogens with zero attached hydrogens (tertiary/aromatic N) is 2. The standard InChI is InChI=1S/C16H20N4O2/c1-4-9-17-15-10-14(18-11(2)19-15)16(21)20-12-5-7-13(22-3)8-6-12/h5-8,10H,4,9H2,1-3H3,(H,20,21)(H,17,18,19). The second-order valence-electron chi connectivity index (χ2n) is 4.80. The molecule has 2 rings (SSSR count). The van der Waals surface area contributed by atoms with Crippen molar-refractivity contribution in [1.82, 2.24) is 9.97 Å². The first-order valence-corrected chi connectivity index (χ1v) is 7.17. The quantitative estimate of drug-likeness (QED) is 0.858. The summed E-state index contributed by atoms with van der Waals surface area (Å²) in [7, 11) is 1.60. The van der Waals surface area contributed by atoms with Gasteiger partial charge in [0.15, 0.2) is 0 Å². The fourth-order valence-corrected chi connectivity index (χ4v) is 1.90. The molecule has 0 radical (unpaired) electrons. The number of hydrogen-bond donors (Lipinski definition) is 2. The number of anilines is 2. The lowest BCUT2D eigenvalue weighted by molar-refractivity contribution is 0.102. The average Bonchev–Trinajstić information content (AvgIpc) is 2.53. The molecule has 0 bridgehead atoms. The van der Waals surface area contributed by atoms with Crippen molar-refractivity contribution in [1.29, 1.82) is 0 Å². The Kier molecular flexibility index (Phi) is 5.30. The first-order valence-electron chi connectivity index (χ1n) is 7.17. The van der Waals surface area contributed by atoms with E-state index in [4.69, 9.17) is 4.74 Å². The van der Waals surface area contributed by atoms with E-state index in [2.05, 4.69) is 27.5 Å². The predicted molar refractivity (Wildman–Crippen MR) is 86.5 cm³/mol. The Bertz CT molecular complexity index is 641. The zero-order chi connectivity index (χ0) is 15.9. The molecule has 22 heavy (non-hydrogen) atoms. The van der Waals surface area contributed by atoms with Crippen LogP contribution < -0.4 is 15.4 Å². The van der Waals surface area contributed by atoms with Crippen molar-refractivity contribution in [3.05, 3.63) is 41.9 Å². The third-order valence-electron chi connectivity index (χ3n) is 2.97. The highest BCUT2D eigenvalue weighted by atomic mass is 16.5. The van der Waals surface area contributed by atoms with E-state index in [0.29, 0.717) is 23.0 Å². The third-order valence-corrected chi connectivity index (χ3v) is 2.97. The zero-order valence-corrected chi connectivity index (χ0v) is 13.0. The van der Waals surface area contributed by atoms with Gasteiger partial charge in [-0.15, -0.1) is 0 Å². The van der Waals surface area contributed by atoms with Gasteiger partial charge in [-0.25, -0.2) is 9.97 Å². The van der Waals surface area contributed by atoms with Crippen LogP contribution in [0, 0.1) is 6.92 Å². The van der Waals surface area contributed by atoms with E-state index in [1.54, 1.807) is 44.4 Å². The molecule has 6 heteroatoms. The molecule has 1 heterocycles. The number of aromatic nitrogens is 2. The summed E-state index contributed by atoms with van der Waals surface area (Å²) in [6.45, 7) is 4.63. The fraction of sp³-hybridized carbons (Fsp3) is 0.312. The molecule has 0 atom stereocenters. The summed E-state index contributed by atoms with van der Waals surface area (Å²) in [6, 6.07) is 8.79. The van der Waals surface area contributed by atoms with E-state index in [9.17, 15) is 4.79 Å². The summed E-state index contributed by atoms with van der Waals surface area (Å²) < 4.78 is 5.09. The summed E-state index contributed by atoms with van der Waals surface area (Å²) in [4.78, 5) is 20.7. The molecule has 0 aliphatic carbocycles. The maximum Gasteiger partial charge on any atom is 0.274 e. The lowest BCUT2D eigenvalue weighted by atomic mass is 10.3. The molecule has 0 spiro atoms. The van der Waals surface area contributed by atoms with Crippen LogP contribution in [-0.2, 0) is 0 Å². The van der Waals surface area contributed by atoms with Crippen LogP contribution in [0.2, 0.25) is 0 Å². The number of carbonyl (C=O) groups is 1. The summed E-state index contributed by atoms with van der Waals surface area (Å²) >= 11 is 0. The Hall–Kier alpha value is -2.63. The molecule has 1 aromatic carbocycles. The van der Waals surface area contributed by atoms with Crippen molar-refractivity contribution in [2.24, 2.45) is 0 Å². The van der Waals surface area contributed by atoms with Gasteiger partial charge in [-0.05, 0) is 37.6 Å². The summed E-state index contributed by atoms with van der Waals surface area (Å²) in [5.41, 5.74) is 1.02. The van der Waals surface area contributed by atoms with Gasteiger partial charge in [0.2, 0.25) is 0 Å². The Morgan fingerprint density at radius 2 is 1.95 bits per heavy atom. The molecule has 6 nitrogen and oxygen atoms in total. The molecule has 0 aliphatic rings. The first kappa shape index (κ1) is 15.8. The van der Waals surface area contributed by atoms with Crippen LogP contribution in [0.1, 0.15) is 29.7 Å². The molecule has 0 unspecified atom stereocenters. The Morgan fingerprint density at radius 1 is 1.23 bits per heavy atom. The van der Waals surface area contributed by atoms with Crippen molar-refractivity contribution >= 4 is 17.4 Å². The summed E-state index contributed by atoms with van der Waals surface area (Å²) in [5, 5.41) is 5.97. The van der Waals surface area contributed by atoms with E-state index in [-0.39, 0.29) is 5.91 Å². The number of aryl methyl sites for hydroxylation is 1. The molecule has 2 aromatic rings. The van der Waals surface area contributed by atoms with E-state index >= 15 is 0 Å². The number of rotatable bonds is 6. The lowest BCUT2D eigenvalue weighted by Crippen LogP contribution is -2.16. The van der Waals surface area contributed by atoms with Gasteiger partial charge >= 0.3 is 0 Å². The smallest absolute Gasteiger partial charge is 0.274 e. The van der Waals surface area contributed by atoms with Gasteiger partial charge in [0.1, 0.15) is 23.1 Å². The number of ether oxygens (including phenoxy) is 1. The molecule has 0 fully saturated rings. The summed E-state index contributed by atoms with van der Waals surface area (Å²) in [6.07, 6.45) is 0.983. The van der Waals surface area contributed by atoms with E-state index < -0.39 is 0 Å². The number of nitrogens with one attached hydrogen (secondary N) is 2. The molecular formula is C16H20N4O2. The number of hydrogen-bond acceptors (Lipinski definition) is 5. The highest BCUT2D eigenvalue weighted by Gasteiger charge is 2.11. The lowest BCUT2D eigenvalue weighted by Gasteiger charge is -2.09. The second kappa shape index (κ2) is 7.40. The predicted octanol–water partition coefficient (Wildman–Crippen LogP) is 2.87. The largest absolute Gasteiger partial charge is 0.497 e. The van der Waals surface area contributed by atoms with E-state index in [1.165, 1.54) is 0 Å². The van der Waals surface area contributed by atoms with E-state index in [1.807, 2.05) is 0 Å². The van der Waals surface area contributed by atoms with Gasteiger partial charge in [-0.1, -0.05) is 6.92 Å². The van der Waals surface area contributed by atoms with Gasteiger partial charge in [-0.2, -0.15) is 0 Å². The number of methoxy groups -OCH3 is 1. The molecule has 1 aromatic heterocycles. The van der Waals surface area contributed by atoms with Gasteiger partial charge in [-0.3, -0.25) is 4.79 Å². The highest BCUT2D eigenvalue weighted by molar-refractivity contribution is 6.03. The van der Waals surface area contributed by atoms with Crippen LogP contribution in [0.25, 0.3) is 0 Å². The molecule has 1 amide bonds. The van der Waals surface area contributed by atoms with Crippen LogP contribution in [-0.4, -0.2) is 29.5 Å². The maximum absolute atomic E-state index is 12.3. The normalized spacial score (nSPS) is 10.1. The molecular weight excluding hydrogens is 280 g/mol. The van der Waals surface area contributed by atoms with Crippen molar-refractivity contribution < 1.29 is 9.53 Å². The SMILES string of the molecule is CCCNc1cc(C(=O)Nc2ccc(OC)cc2)nc(C)n1. The van der Waals surface area contributed by atoms with Crippen molar-refractivity contribution in [3.8, 4) is 5.75 Å². The van der Waals surface area contributed by atoms with Crippen molar-refractivity contribution in [2.45, 2.75) is 20.3 Å². The Balaban J connectivity index is 2.12. The minimum atomic E-state index is -0.268. The Labute approximate surface area is 129 Å². The Morgan fingerprint density at radius 3 is 2.59 bits per heavy atom. The van der Waals surface area contributed by atoms with Crippen LogP contribution in [0.3, 0.4) is 0 Å². The van der Waals surface area contributed by atoms with E-state index in [0.717, 1.165) is 18.7 Å². The second-order valence-corrected chi connectivity index (χ2v) is 4.80. The van der Waals surface area contributed by atoms with Crippen LogP contribution in [0.5, 0.6) is 5.75 Å². The van der Waals surface area contributed by atoms with Gasteiger partial charge < -0.3 is 15.4 Å². The molecule has 0 saturated heterocycles. The van der Waals surface area contributed by atoms with Gasteiger partial charge in [0, 0.05) is 18.3 Å². The minimum absolute atomic E-state index is 0.268. The first-order chi connectivity index (χ1) is 10.6. The number of carbonyl (C=O) groups excluding carboxylic acids is 1. The third kappa shape index (κ3) is 4.18. The van der Waals surface area contributed by atoms with Crippen LogP contribution >= 0.6 is 0 Å². The van der Waals surface area contributed by atoms with Gasteiger partial charge in [0.25, 0.3) is 5.91 Å². The van der Waals surface area contributed by atoms with Crippen LogP contribution in [0.15, 0.2) is 30.3 Å². The van der Waals surface area contributed by atoms with Crippen molar-refractivity contribution in [3.63, 3.8) is 0 Å². The maximum atomic E-state index is 12.3. The zero-order valence-electron chi connectivity index (χ0n) is 13.0. The fourth-order valence-electron chi connectivity index (χ4n) is 1.90. The minimum Gasteiger partial charge on any atom is -0.497 e. The molecule has 0 saturated carbocycles. The van der Waals surface area contributed by atoms with Crippen LogP contribution in [0.4, 0.5) is 11.5 Å². The summed E-state index contributed by atoms with van der Waals surface area (Å²) in [5.74, 6) is 1.69. The van der Waals surface area contributed by atoms with Gasteiger partial charge in [0.05, 0.1) is 7.11 Å².